The Bertz CT molecular complexity index is 940. The summed E-state index contributed by atoms with van der Waals surface area (Å²) in [5.74, 6) is 0.0554. The number of likely N-dealkylation sites (tertiary alicyclic amines) is 1. The molecule has 2 aliphatic rings. The van der Waals surface area contributed by atoms with E-state index in [2.05, 4.69) is 14.8 Å². The minimum Gasteiger partial charge on any atom is -0.336 e. The van der Waals surface area contributed by atoms with E-state index in [0.29, 0.717) is 23.3 Å². The lowest BCUT2D eigenvalue weighted by atomic mass is 10.1. The monoisotopic (exact) mass is 397 g/mol. The summed E-state index contributed by atoms with van der Waals surface area (Å²) in [7, 11) is 0. The molecule has 1 amide bonds. The zero-order valence-corrected chi connectivity index (χ0v) is 17.6. The number of carbonyl (C=O) groups excluding carboxylic acids is 1. The van der Waals surface area contributed by atoms with E-state index in [1.54, 1.807) is 11.5 Å². The van der Waals surface area contributed by atoms with Gasteiger partial charge in [-0.25, -0.2) is 4.98 Å². The Morgan fingerprint density at radius 1 is 1.00 bits per heavy atom. The fourth-order valence-electron chi connectivity index (χ4n) is 4.47. The van der Waals surface area contributed by atoms with Gasteiger partial charge in [-0.1, -0.05) is 0 Å². The van der Waals surface area contributed by atoms with Gasteiger partial charge in [-0.05, 0) is 58.0 Å². The van der Waals surface area contributed by atoms with Crippen LogP contribution >= 0.6 is 0 Å². The summed E-state index contributed by atoms with van der Waals surface area (Å²) >= 11 is 0. The molecular weight excluding hydrogens is 366 g/mol. The minimum absolute atomic E-state index is 0.0554. The first-order valence-electron chi connectivity index (χ1n) is 10.8. The fourth-order valence-corrected chi connectivity index (χ4v) is 4.47. The Labute approximate surface area is 171 Å². The van der Waals surface area contributed by atoms with Crippen LogP contribution in [0, 0.1) is 6.92 Å². The van der Waals surface area contributed by atoms with Crippen LogP contribution in [0.5, 0.6) is 0 Å². The maximum atomic E-state index is 13.0. The van der Waals surface area contributed by atoms with E-state index in [-0.39, 0.29) is 11.5 Å². The van der Waals surface area contributed by atoms with Gasteiger partial charge in [0.05, 0.1) is 11.0 Å². The van der Waals surface area contributed by atoms with Gasteiger partial charge >= 0.3 is 0 Å². The normalized spacial score (nSPS) is 18.6. The summed E-state index contributed by atoms with van der Waals surface area (Å²) < 4.78 is 1.71. The van der Waals surface area contributed by atoms with E-state index in [9.17, 15) is 9.59 Å². The molecule has 156 valence electrons. The van der Waals surface area contributed by atoms with Crippen molar-refractivity contribution >= 4 is 16.9 Å². The number of nitrogens with zero attached hydrogens (tertiary/aromatic N) is 5. The Hall–Kier alpha value is -2.25. The third kappa shape index (κ3) is 4.21. The van der Waals surface area contributed by atoms with E-state index in [1.807, 2.05) is 30.0 Å². The number of carbonyl (C=O) groups is 1. The molecule has 0 N–H and O–H groups in total. The lowest BCUT2D eigenvalue weighted by Gasteiger charge is -2.35. The predicted molar refractivity (Wildman–Crippen MR) is 114 cm³/mol. The molecule has 0 atom stereocenters. The minimum atomic E-state index is -0.0656. The highest BCUT2D eigenvalue weighted by molar-refractivity contribution is 5.97. The van der Waals surface area contributed by atoms with Gasteiger partial charge in [0.2, 0.25) is 0 Å². The van der Waals surface area contributed by atoms with E-state index >= 15 is 0 Å². The van der Waals surface area contributed by atoms with E-state index < -0.39 is 0 Å². The maximum absolute atomic E-state index is 13.0. The van der Waals surface area contributed by atoms with Crippen molar-refractivity contribution in [1.82, 2.24) is 24.3 Å². The molecule has 0 unspecified atom stereocenters. The topological polar surface area (TPSA) is 61.7 Å². The number of benzene rings is 1. The lowest BCUT2D eigenvalue weighted by molar-refractivity contribution is 0.0627. The van der Waals surface area contributed by atoms with E-state index in [0.717, 1.165) is 44.8 Å². The molecule has 1 aromatic carbocycles. The van der Waals surface area contributed by atoms with Crippen molar-refractivity contribution in [3.05, 3.63) is 39.8 Å². The molecule has 2 fully saturated rings. The molecule has 3 heterocycles. The average Bonchev–Trinajstić information content (AvgIpc) is 3.26. The van der Waals surface area contributed by atoms with Gasteiger partial charge < -0.3 is 14.4 Å². The highest BCUT2D eigenvalue weighted by Crippen LogP contribution is 2.16. The molecule has 7 heteroatoms. The van der Waals surface area contributed by atoms with Crippen molar-refractivity contribution < 1.29 is 4.79 Å². The summed E-state index contributed by atoms with van der Waals surface area (Å²) in [4.78, 5) is 36.7. The van der Waals surface area contributed by atoms with Crippen LogP contribution in [0.25, 0.3) is 11.0 Å². The molecule has 0 radical (unpaired) electrons. The van der Waals surface area contributed by atoms with Crippen LogP contribution < -0.4 is 5.56 Å². The molecule has 29 heavy (non-hydrogen) atoms. The molecule has 1 aromatic heterocycles. The third-order valence-electron chi connectivity index (χ3n) is 6.26. The average molecular weight is 398 g/mol. The summed E-state index contributed by atoms with van der Waals surface area (Å²) in [6.45, 7) is 12.4. The summed E-state index contributed by atoms with van der Waals surface area (Å²) in [6, 6.07) is 5.51. The van der Waals surface area contributed by atoms with Crippen LogP contribution in [0.4, 0.5) is 0 Å². The highest BCUT2D eigenvalue weighted by Gasteiger charge is 2.23. The molecule has 0 aliphatic carbocycles. The molecule has 0 spiro atoms. The van der Waals surface area contributed by atoms with Gasteiger partial charge in [0.1, 0.15) is 5.69 Å². The second-order valence-corrected chi connectivity index (χ2v) is 8.13. The largest absolute Gasteiger partial charge is 0.336 e. The molecule has 7 nitrogen and oxygen atoms in total. The van der Waals surface area contributed by atoms with E-state index in [1.165, 1.54) is 25.9 Å². The van der Waals surface area contributed by atoms with Gasteiger partial charge in [0, 0.05) is 51.4 Å². The summed E-state index contributed by atoms with van der Waals surface area (Å²) in [6.07, 6.45) is 2.66. The zero-order chi connectivity index (χ0) is 20.4. The number of hydrogen-bond acceptors (Lipinski definition) is 5. The SMILES string of the molecule is CCn1c(=O)c(C)nc2cc(C(=O)N3CCN(CCN4CCCC4)CC3)ccc21. The first kappa shape index (κ1) is 20.0. The second-order valence-electron chi connectivity index (χ2n) is 8.13. The number of hydrogen-bond donors (Lipinski definition) is 0. The van der Waals surface area contributed by atoms with Crippen molar-refractivity contribution in [3.63, 3.8) is 0 Å². The van der Waals surface area contributed by atoms with Crippen LogP contribution in [0.15, 0.2) is 23.0 Å². The second kappa shape index (κ2) is 8.63. The van der Waals surface area contributed by atoms with Gasteiger partial charge in [-0.2, -0.15) is 0 Å². The van der Waals surface area contributed by atoms with Crippen molar-refractivity contribution in [2.24, 2.45) is 0 Å². The molecule has 2 saturated heterocycles. The van der Waals surface area contributed by atoms with Crippen molar-refractivity contribution in [1.29, 1.82) is 0 Å². The van der Waals surface area contributed by atoms with Crippen LogP contribution in [0.3, 0.4) is 0 Å². The molecule has 2 aromatic rings. The molecule has 2 aliphatic heterocycles. The number of aryl methyl sites for hydroxylation is 2. The Balaban J connectivity index is 1.41. The van der Waals surface area contributed by atoms with Gasteiger partial charge in [0.25, 0.3) is 11.5 Å². The first-order chi connectivity index (χ1) is 14.1. The molecule has 0 bridgehead atoms. The molecular formula is C22H31N5O2. The van der Waals surface area contributed by atoms with Crippen molar-refractivity contribution in [2.75, 3.05) is 52.4 Å². The van der Waals surface area contributed by atoms with Crippen LogP contribution in [-0.4, -0.2) is 82.5 Å². The van der Waals surface area contributed by atoms with Crippen LogP contribution in [0.2, 0.25) is 0 Å². The fraction of sp³-hybridized carbons (Fsp3) is 0.591. The summed E-state index contributed by atoms with van der Waals surface area (Å²) in [5.41, 5.74) is 2.54. The predicted octanol–water partition coefficient (Wildman–Crippen LogP) is 1.58. The van der Waals surface area contributed by atoms with Crippen LogP contribution in [-0.2, 0) is 6.54 Å². The standard InChI is InChI=1S/C22H31N5O2/c1-3-27-20-7-6-18(16-19(20)23-17(2)21(27)28)22(29)26-14-12-25(13-15-26)11-10-24-8-4-5-9-24/h6-7,16H,3-5,8-15H2,1-2H3. The molecule has 0 saturated carbocycles. The third-order valence-corrected chi connectivity index (χ3v) is 6.26. The van der Waals surface area contributed by atoms with Crippen molar-refractivity contribution in [3.8, 4) is 0 Å². The van der Waals surface area contributed by atoms with Crippen molar-refractivity contribution in [2.45, 2.75) is 33.2 Å². The van der Waals surface area contributed by atoms with Crippen LogP contribution in [0.1, 0.15) is 35.8 Å². The highest BCUT2D eigenvalue weighted by atomic mass is 16.2. The lowest BCUT2D eigenvalue weighted by Crippen LogP contribution is -2.50. The zero-order valence-electron chi connectivity index (χ0n) is 17.6. The number of amides is 1. The Morgan fingerprint density at radius 3 is 2.31 bits per heavy atom. The number of aromatic nitrogens is 2. The van der Waals surface area contributed by atoms with Gasteiger partial charge in [-0.15, -0.1) is 0 Å². The molecule has 4 rings (SSSR count). The maximum Gasteiger partial charge on any atom is 0.272 e. The number of piperazine rings is 1. The van der Waals surface area contributed by atoms with E-state index in [4.69, 9.17) is 0 Å². The Kier molecular flexibility index (Phi) is 5.96. The quantitative estimate of drug-likeness (QED) is 0.767. The number of fused-ring (bicyclic) bond motifs is 1. The van der Waals surface area contributed by atoms with Gasteiger partial charge in [-0.3, -0.25) is 14.5 Å². The Morgan fingerprint density at radius 2 is 1.66 bits per heavy atom. The van der Waals surface area contributed by atoms with Gasteiger partial charge in [0.15, 0.2) is 0 Å². The first-order valence-corrected chi connectivity index (χ1v) is 10.8. The number of rotatable bonds is 5. The smallest absolute Gasteiger partial charge is 0.272 e. The summed E-state index contributed by atoms with van der Waals surface area (Å²) in [5, 5.41) is 0.